The Morgan fingerprint density at radius 1 is 1.08 bits per heavy atom. The van der Waals surface area contributed by atoms with Gasteiger partial charge in [0.2, 0.25) is 0 Å². The molecule has 1 aromatic heterocycles. The molecule has 0 saturated carbocycles. The summed E-state index contributed by atoms with van der Waals surface area (Å²) in [5.74, 6) is 0.0383. The number of phenols is 1. The molecule has 0 fully saturated rings. The third kappa shape index (κ3) is 4.33. The summed E-state index contributed by atoms with van der Waals surface area (Å²) in [6.07, 6.45) is 0. The van der Waals surface area contributed by atoms with Crippen molar-refractivity contribution in [3.63, 3.8) is 0 Å². The fraction of sp³-hybridized carbons (Fsp3) is 0.429. The number of aryl methyl sites for hydroxylation is 2. The number of carbonyl (C=O) groups is 1. The standard InChI is InChI=1S/C21H28N2O2S/c1-11(2)16-9-17(12(3)4)20(24)19(10-16)21(25)23-22-14(6)18-8-13(5)26-15(18)7/h8-12,24H,1-7H3,(H,23,25). The van der Waals surface area contributed by atoms with E-state index in [2.05, 4.69) is 37.4 Å². The van der Waals surface area contributed by atoms with Crippen LogP contribution in [0.25, 0.3) is 0 Å². The van der Waals surface area contributed by atoms with Gasteiger partial charge in [-0.25, -0.2) is 5.43 Å². The van der Waals surface area contributed by atoms with Gasteiger partial charge in [-0.1, -0.05) is 33.8 Å². The maximum atomic E-state index is 12.7. The first-order valence-corrected chi connectivity index (χ1v) is 9.72. The van der Waals surface area contributed by atoms with Crippen molar-refractivity contribution < 1.29 is 9.90 Å². The monoisotopic (exact) mass is 372 g/mol. The summed E-state index contributed by atoms with van der Waals surface area (Å²) < 4.78 is 0. The zero-order valence-corrected chi connectivity index (χ0v) is 17.4. The average molecular weight is 373 g/mol. The minimum Gasteiger partial charge on any atom is -0.507 e. The number of carbonyl (C=O) groups excluding carboxylic acids is 1. The van der Waals surface area contributed by atoms with Crippen molar-refractivity contribution in [2.75, 3.05) is 0 Å². The highest BCUT2D eigenvalue weighted by Crippen LogP contribution is 2.33. The first kappa shape index (κ1) is 20.2. The fourth-order valence-electron chi connectivity index (χ4n) is 2.87. The first-order chi connectivity index (χ1) is 12.1. The van der Waals surface area contributed by atoms with Gasteiger partial charge in [0.05, 0.1) is 11.3 Å². The van der Waals surface area contributed by atoms with E-state index in [0.29, 0.717) is 0 Å². The summed E-state index contributed by atoms with van der Waals surface area (Å²) in [4.78, 5) is 15.0. The summed E-state index contributed by atoms with van der Waals surface area (Å²) >= 11 is 1.71. The molecule has 1 amide bonds. The van der Waals surface area contributed by atoms with Crippen molar-refractivity contribution in [1.82, 2.24) is 5.43 Å². The molecule has 0 aliphatic heterocycles. The lowest BCUT2D eigenvalue weighted by Gasteiger charge is -2.16. The van der Waals surface area contributed by atoms with Gasteiger partial charge in [0.1, 0.15) is 5.75 Å². The first-order valence-electron chi connectivity index (χ1n) is 8.90. The number of benzene rings is 1. The van der Waals surface area contributed by atoms with Gasteiger partial charge in [-0.3, -0.25) is 4.79 Å². The molecule has 2 aromatic rings. The van der Waals surface area contributed by atoms with Crippen molar-refractivity contribution >= 4 is 23.0 Å². The van der Waals surface area contributed by atoms with Crippen LogP contribution in [0.4, 0.5) is 0 Å². The molecule has 2 rings (SSSR count). The molecule has 0 spiro atoms. The maximum Gasteiger partial charge on any atom is 0.275 e. The van der Waals surface area contributed by atoms with Crippen molar-refractivity contribution in [2.45, 2.75) is 60.3 Å². The predicted molar refractivity (Wildman–Crippen MR) is 110 cm³/mol. The molecule has 0 atom stereocenters. The van der Waals surface area contributed by atoms with Crippen LogP contribution < -0.4 is 5.43 Å². The molecule has 0 saturated heterocycles. The summed E-state index contributed by atoms with van der Waals surface area (Å²) in [6.45, 7) is 14.1. The van der Waals surface area contributed by atoms with Gasteiger partial charge in [0.25, 0.3) is 5.91 Å². The minimum atomic E-state index is -0.393. The molecule has 0 radical (unpaired) electrons. The maximum absolute atomic E-state index is 12.7. The molecular weight excluding hydrogens is 344 g/mol. The zero-order valence-electron chi connectivity index (χ0n) is 16.6. The molecule has 1 heterocycles. The van der Waals surface area contributed by atoms with Gasteiger partial charge in [-0.2, -0.15) is 5.10 Å². The SMILES string of the molecule is CC(=NNC(=O)c1cc(C(C)C)cc(C(C)C)c1O)c1cc(C)sc1C. The Bertz CT molecular complexity index is 848. The Morgan fingerprint density at radius 3 is 2.23 bits per heavy atom. The van der Waals surface area contributed by atoms with E-state index in [1.54, 1.807) is 17.4 Å². The van der Waals surface area contributed by atoms with Crippen molar-refractivity contribution in [3.8, 4) is 5.75 Å². The van der Waals surface area contributed by atoms with Crippen molar-refractivity contribution in [1.29, 1.82) is 0 Å². The van der Waals surface area contributed by atoms with E-state index < -0.39 is 5.91 Å². The second kappa shape index (κ2) is 8.04. The summed E-state index contributed by atoms with van der Waals surface area (Å²) in [7, 11) is 0. The molecule has 0 unspecified atom stereocenters. The third-order valence-corrected chi connectivity index (χ3v) is 5.42. The lowest BCUT2D eigenvalue weighted by molar-refractivity contribution is 0.0952. The molecule has 0 aliphatic carbocycles. The molecule has 26 heavy (non-hydrogen) atoms. The van der Waals surface area contributed by atoms with Crippen LogP contribution in [0.15, 0.2) is 23.3 Å². The number of hydrazone groups is 1. The van der Waals surface area contributed by atoms with Crippen LogP contribution in [-0.4, -0.2) is 16.7 Å². The average Bonchev–Trinajstić information content (AvgIpc) is 2.90. The van der Waals surface area contributed by atoms with Crippen LogP contribution >= 0.6 is 11.3 Å². The van der Waals surface area contributed by atoms with Crippen LogP contribution in [0, 0.1) is 13.8 Å². The zero-order chi connectivity index (χ0) is 19.6. The molecule has 5 heteroatoms. The largest absolute Gasteiger partial charge is 0.507 e. The fourth-order valence-corrected chi connectivity index (χ4v) is 3.85. The normalized spacial score (nSPS) is 12.1. The summed E-state index contributed by atoms with van der Waals surface area (Å²) in [6, 6.07) is 5.80. The van der Waals surface area contributed by atoms with Crippen molar-refractivity contribution in [2.24, 2.45) is 5.10 Å². The molecular formula is C21H28N2O2S. The van der Waals surface area contributed by atoms with E-state index in [-0.39, 0.29) is 23.1 Å². The Balaban J connectivity index is 2.34. The molecule has 1 aromatic carbocycles. The smallest absolute Gasteiger partial charge is 0.275 e. The van der Waals surface area contributed by atoms with Crippen LogP contribution in [0.1, 0.15) is 83.3 Å². The number of hydrogen-bond donors (Lipinski definition) is 2. The van der Waals surface area contributed by atoms with E-state index in [0.717, 1.165) is 22.4 Å². The minimum absolute atomic E-state index is 0.0392. The lowest BCUT2D eigenvalue weighted by Crippen LogP contribution is -2.20. The highest BCUT2D eigenvalue weighted by atomic mass is 32.1. The van der Waals surface area contributed by atoms with Crippen LogP contribution in [-0.2, 0) is 0 Å². The Labute approximate surface area is 160 Å². The van der Waals surface area contributed by atoms with E-state index >= 15 is 0 Å². The van der Waals surface area contributed by atoms with Crippen LogP contribution in [0.3, 0.4) is 0 Å². The topological polar surface area (TPSA) is 61.7 Å². The summed E-state index contributed by atoms with van der Waals surface area (Å²) in [5, 5.41) is 14.8. The predicted octanol–water partition coefficient (Wildman–Crippen LogP) is 5.47. The number of amides is 1. The highest BCUT2D eigenvalue weighted by molar-refractivity contribution is 7.12. The van der Waals surface area contributed by atoms with Gasteiger partial charge in [0.15, 0.2) is 0 Å². The number of thiophene rings is 1. The van der Waals surface area contributed by atoms with Gasteiger partial charge >= 0.3 is 0 Å². The number of rotatable bonds is 5. The van der Waals surface area contributed by atoms with Gasteiger partial charge in [0, 0.05) is 15.3 Å². The Kier molecular flexibility index (Phi) is 6.24. The Hall–Kier alpha value is -2.14. The highest BCUT2D eigenvalue weighted by Gasteiger charge is 2.19. The number of hydrogen-bond acceptors (Lipinski definition) is 4. The van der Waals surface area contributed by atoms with Gasteiger partial charge < -0.3 is 5.11 Å². The molecule has 2 N–H and O–H groups in total. The number of nitrogens with one attached hydrogen (secondary N) is 1. The molecule has 0 bridgehead atoms. The molecule has 140 valence electrons. The van der Waals surface area contributed by atoms with E-state index in [4.69, 9.17) is 0 Å². The third-order valence-electron chi connectivity index (χ3n) is 4.45. The number of aromatic hydroxyl groups is 1. The van der Waals surface area contributed by atoms with Crippen LogP contribution in [0.5, 0.6) is 5.75 Å². The second-order valence-electron chi connectivity index (χ2n) is 7.28. The van der Waals surface area contributed by atoms with Gasteiger partial charge in [-0.05, 0) is 55.9 Å². The quantitative estimate of drug-likeness (QED) is 0.540. The summed E-state index contributed by atoms with van der Waals surface area (Å²) in [5.41, 5.74) is 6.48. The molecule has 4 nitrogen and oxygen atoms in total. The van der Waals surface area contributed by atoms with Crippen LogP contribution in [0.2, 0.25) is 0 Å². The molecule has 0 aliphatic rings. The second-order valence-corrected chi connectivity index (χ2v) is 8.74. The van der Waals surface area contributed by atoms with E-state index in [1.165, 1.54) is 9.75 Å². The van der Waals surface area contributed by atoms with Gasteiger partial charge in [-0.15, -0.1) is 11.3 Å². The van der Waals surface area contributed by atoms with E-state index in [9.17, 15) is 9.90 Å². The van der Waals surface area contributed by atoms with E-state index in [1.807, 2.05) is 33.8 Å². The number of nitrogens with zero attached hydrogens (tertiary/aromatic N) is 1. The number of phenolic OH excluding ortho intramolecular Hbond substituents is 1. The Morgan fingerprint density at radius 2 is 1.73 bits per heavy atom. The van der Waals surface area contributed by atoms with Crippen molar-refractivity contribution in [3.05, 3.63) is 50.2 Å². The lowest BCUT2D eigenvalue weighted by atomic mass is 9.92.